The molecule has 3 aromatic rings. The van der Waals surface area contributed by atoms with Crippen molar-refractivity contribution in [3.8, 4) is 16.9 Å². The van der Waals surface area contributed by atoms with E-state index in [4.69, 9.17) is 15.6 Å². The summed E-state index contributed by atoms with van der Waals surface area (Å²) in [6.45, 7) is 0.710. The number of carboxylic acids is 1. The fourth-order valence-electron chi connectivity index (χ4n) is 4.23. The van der Waals surface area contributed by atoms with E-state index in [-0.39, 0.29) is 0 Å². The first-order valence-corrected chi connectivity index (χ1v) is 11.0. The highest BCUT2D eigenvalue weighted by Crippen LogP contribution is 2.32. The van der Waals surface area contributed by atoms with E-state index < -0.39 is 12.0 Å². The van der Waals surface area contributed by atoms with Crippen LogP contribution in [0.2, 0.25) is 0 Å². The van der Waals surface area contributed by atoms with Gasteiger partial charge in [0, 0.05) is 11.8 Å². The molecular weight excluding hydrogens is 402 g/mol. The van der Waals surface area contributed by atoms with Crippen LogP contribution in [0.4, 0.5) is 0 Å². The number of ether oxygens (including phenoxy) is 1. The number of benzene rings is 2. The summed E-state index contributed by atoms with van der Waals surface area (Å²) in [5.41, 5.74) is 11.6. The third-order valence-corrected chi connectivity index (χ3v) is 6.13. The number of aromatic nitrogens is 2. The summed E-state index contributed by atoms with van der Waals surface area (Å²) < 4.78 is 7.28. The van der Waals surface area contributed by atoms with E-state index in [0.29, 0.717) is 18.9 Å². The van der Waals surface area contributed by atoms with Gasteiger partial charge in [0.2, 0.25) is 0 Å². The molecule has 0 spiro atoms. The second-order valence-electron chi connectivity index (χ2n) is 8.41. The van der Waals surface area contributed by atoms with Crippen LogP contribution in [0.1, 0.15) is 36.8 Å². The van der Waals surface area contributed by atoms with Crippen LogP contribution in [0.25, 0.3) is 16.7 Å². The van der Waals surface area contributed by atoms with Crippen LogP contribution in [0.3, 0.4) is 0 Å². The molecule has 0 fully saturated rings. The molecule has 166 valence electrons. The van der Waals surface area contributed by atoms with Gasteiger partial charge in [0.15, 0.2) is 0 Å². The summed E-state index contributed by atoms with van der Waals surface area (Å²) in [7, 11) is 1.68. The van der Waals surface area contributed by atoms with E-state index in [1.54, 1.807) is 7.11 Å². The summed E-state index contributed by atoms with van der Waals surface area (Å²) in [6.07, 6.45) is 9.51. The smallest absolute Gasteiger partial charge is 0.320 e. The van der Waals surface area contributed by atoms with E-state index in [1.165, 1.54) is 11.1 Å². The van der Waals surface area contributed by atoms with Crippen LogP contribution in [-0.2, 0) is 11.3 Å². The Labute approximate surface area is 188 Å². The van der Waals surface area contributed by atoms with Gasteiger partial charge in [0.05, 0.1) is 19.9 Å². The number of rotatable bonds is 8. The number of methoxy groups -OCH3 is 1. The van der Waals surface area contributed by atoms with Crippen LogP contribution >= 0.6 is 0 Å². The molecule has 1 heterocycles. The Hall–Kier alpha value is -3.38. The van der Waals surface area contributed by atoms with Crippen molar-refractivity contribution >= 4 is 11.5 Å². The zero-order valence-corrected chi connectivity index (χ0v) is 18.3. The van der Waals surface area contributed by atoms with Crippen molar-refractivity contribution in [3.05, 3.63) is 78.1 Å². The maximum atomic E-state index is 11.0. The van der Waals surface area contributed by atoms with Crippen molar-refractivity contribution in [3.63, 3.8) is 0 Å². The molecule has 0 radical (unpaired) electrons. The average molecular weight is 432 g/mol. The topological polar surface area (TPSA) is 90.4 Å². The summed E-state index contributed by atoms with van der Waals surface area (Å²) in [5.74, 6) is 0.268. The maximum absolute atomic E-state index is 11.0. The van der Waals surface area contributed by atoms with Crippen molar-refractivity contribution in [2.75, 3.05) is 7.11 Å². The van der Waals surface area contributed by atoms with E-state index in [1.807, 2.05) is 29.1 Å². The molecule has 2 aromatic carbocycles. The number of nitrogens with zero attached hydrogens (tertiary/aromatic N) is 2. The lowest BCUT2D eigenvalue weighted by atomic mass is 9.84. The van der Waals surface area contributed by atoms with Gasteiger partial charge in [-0.1, -0.05) is 42.5 Å². The normalized spacial score (nSPS) is 16.9. The first-order chi connectivity index (χ1) is 15.5. The Morgan fingerprint density at radius 1 is 1.22 bits per heavy atom. The molecule has 1 aromatic heterocycles. The Morgan fingerprint density at radius 3 is 2.72 bits per heavy atom. The van der Waals surface area contributed by atoms with Gasteiger partial charge in [-0.3, -0.25) is 9.48 Å². The van der Waals surface area contributed by atoms with E-state index in [2.05, 4.69) is 47.7 Å². The number of allylic oxidation sites excluding steroid dienone is 2. The monoisotopic (exact) mass is 431 g/mol. The molecule has 6 nitrogen and oxygen atoms in total. The fourth-order valence-corrected chi connectivity index (χ4v) is 4.23. The molecule has 0 aliphatic heterocycles. The number of hydrogen-bond donors (Lipinski definition) is 2. The summed E-state index contributed by atoms with van der Waals surface area (Å²) >= 11 is 0. The predicted molar refractivity (Wildman–Crippen MR) is 125 cm³/mol. The zero-order chi connectivity index (χ0) is 22.5. The third kappa shape index (κ3) is 5.26. The van der Waals surface area contributed by atoms with E-state index in [0.717, 1.165) is 41.7 Å². The lowest BCUT2D eigenvalue weighted by molar-refractivity contribution is -0.138. The fraction of sp³-hybridized carbons (Fsp3) is 0.308. The summed E-state index contributed by atoms with van der Waals surface area (Å²) in [4.78, 5) is 11.0. The minimum atomic E-state index is -0.919. The van der Waals surface area contributed by atoms with Crippen LogP contribution < -0.4 is 10.5 Å². The van der Waals surface area contributed by atoms with Crippen LogP contribution in [0.5, 0.6) is 5.75 Å². The van der Waals surface area contributed by atoms with Crippen molar-refractivity contribution in [1.29, 1.82) is 0 Å². The predicted octanol–water partition coefficient (Wildman–Crippen LogP) is 4.59. The number of carboxylic acid groups (broad SMARTS) is 1. The Morgan fingerprint density at radius 2 is 2.03 bits per heavy atom. The highest BCUT2D eigenvalue weighted by atomic mass is 16.5. The van der Waals surface area contributed by atoms with Gasteiger partial charge in [0.1, 0.15) is 11.8 Å². The third-order valence-electron chi connectivity index (χ3n) is 6.13. The second-order valence-corrected chi connectivity index (χ2v) is 8.41. The standard InChI is InChI=1S/C26H29N3O3/c1-32-24-4-2-3-22(14-24)20-11-7-19(8-12-20)16-29-17-23(15-28-29)21-9-5-18(6-10-21)13-25(27)26(30)31/h2-4,7-9,11-12,14-15,17-18,25H,5-6,10,13,16,27H2,1H3,(H,30,31)/t18?,25-/m0/s1. The average Bonchev–Trinajstić information content (AvgIpc) is 3.28. The lowest BCUT2D eigenvalue weighted by Gasteiger charge is -2.22. The number of aliphatic carboxylic acids is 1. The van der Waals surface area contributed by atoms with Crippen LogP contribution in [-0.4, -0.2) is 34.0 Å². The molecule has 1 unspecified atom stereocenters. The van der Waals surface area contributed by atoms with Gasteiger partial charge in [-0.05, 0) is 66.0 Å². The molecule has 2 atom stereocenters. The van der Waals surface area contributed by atoms with Crippen LogP contribution in [0.15, 0.2) is 67.0 Å². The molecule has 32 heavy (non-hydrogen) atoms. The van der Waals surface area contributed by atoms with Crippen molar-refractivity contribution in [2.24, 2.45) is 11.7 Å². The van der Waals surface area contributed by atoms with Crippen LogP contribution in [0, 0.1) is 5.92 Å². The Kier molecular flexibility index (Phi) is 6.71. The van der Waals surface area contributed by atoms with Gasteiger partial charge in [0.25, 0.3) is 0 Å². The molecule has 0 bridgehead atoms. The minimum absolute atomic E-state index is 0.336. The second kappa shape index (κ2) is 9.83. The molecule has 0 saturated carbocycles. The summed E-state index contributed by atoms with van der Waals surface area (Å²) in [6, 6.07) is 15.8. The quantitative estimate of drug-likeness (QED) is 0.544. The Bertz CT molecular complexity index is 1100. The Balaban J connectivity index is 1.37. The molecule has 1 aliphatic rings. The molecular formula is C26H29N3O3. The number of nitrogens with two attached hydrogens (primary N) is 1. The minimum Gasteiger partial charge on any atom is -0.497 e. The van der Waals surface area contributed by atoms with Gasteiger partial charge >= 0.3 is 5.97 Å². The van der Waals surface area contributed by atoms with Crippen molar-refractivity contribution in [2.45, 2.75) is 38.3 Å². The van der Waals surface area contributed by atoms with E-state index in [9.17, 15) is 4.79 Å². The number of carbonyl (C=O) groups is 1. The maximum Gasteiger partial charge on any atom is 0.320 e. The highest BCUT2D eigenvalue weighted by Gasteiger charge is 2.21. The number of hydrogen-bond acceptors (Lipinski definition) is 4. The first-order valence-electron chi connectivity index (χ1n) is 11.0. The molecule has 0 amide bonds. The van der Waals surface area contributed by atoms with Gasteiger partial charge < -0.3 is 15.6 Å². The molecule has 6 heteroatoms. The van der Waals surface area contributed by atoms with Crippen molar-refractivity contribution < 1.29 is 14.6 Å². The first kappa shape index (κ1) is 21.8. The van der Waals surface area contributed by atoms with Gasteiger partial charge in [-0.2, -0.15) is 5.10 Å². The largest absolute Gasteiger partial charge is 0.497 e. The lowest BCUT2D eigenvalue weighted by Crippen LogP contribution is -2.32. The molecule has 0 saturated heterocycles. The highest BCUT2D eigenvalue weighted by molar-refractivity contribution is 5.73. The van der Waals surface area contributed by atoms with Gasteiger partial charge in [-0.15, -0.1) is 0 Å². The SMILES string of the molecule is COc1cccc(-c2ccc(Cn3cc(C4=CCC(C[C@H](N)C(=O)O)CC4)cn3)cc2)c1. The van der Waals surface area contributed by atoms with Gasteiger partial charge in [-0.25, -0.2) is 0 Å². The van der Waals surface area contributed by atoms with Crippen molar-refractivity contribution in [1.82, 2.24) is 9.78 Å². The molecule has 1 aliphatic carbocycles. The zero-order valence-electron chi connectivity index (χ0n) is 18.3. The molecule has 3 N–H and O–H groups in total. The summed E-state index contributed by atoms with van der Waals surface area (Å²) in [5, 5.41) is 13.5. The molecule has 4 rings (SSSR count). The van der Waals surface area contributed by atoms with E-state index >= 15 is 0 Å².